The highest BCUT2D eigenvalue weighted by molar-refractivity contribution is 6.16. The lowest BCUT2D eigenvalue weighted by molar-refractivity contribution is -0.384. The van der Waals surface area contributed by atoms with Gasteiger partial charge in [-0.05, 0) is 48.0 Å². The number of non-ortho nitro benzene ring substituents is 1. The van der Waals surface area contributed by atoms with Gasteiger partial charge >= 0.3 is 5.97 Å². The second-order valence-corrected chi connectivity index (χ2v) is 7.17. The smallest absolute Gasteiger partial charge is 0.337 e. The van der Waals surface area contributed by atoms with E-state index in [0.29, 0.717) is 11.2 Å². The first-order valence-electron chi connectivity index (χ1n) is 9.76. The van der Waals surface area contributed by atoms with Crippen molar-refractivity contribution >= 4 is 33.6 Å². The topological polar surface area (TPSA) is 111 Å². The number of esters is 1. The molecule has 0 aliphatic carbocycles. The molecular formula is C24H16N4O4. The van der Waals surface area contributed by atoms with Gasteiger partial charge in [0.05, 0.1) is 23.3 Å². The summed E-state index contributed by atoms with van der Waals surface area (Å²) in [6, 6.07) is 17.2. The van der Waals surface area contributed by atoms with Gasteiger partial charge in [0.15, 0.2) is 0 Å². The maximum absolute atomic E-state index is 12.1. The molecule has 0 spiro atoms. The Labute approximate surface area is 181 Å². The van der Waals surface area contributed by atoms with E-state index in [9.17, 15) is 14.9 Å². The Morgan fingerprint density at radius 2 is 1.88 bits per heavy atom. The summed E-state index contributed by atoms with van der Waals surface area (Å²) in [4.78, 5) is 35.2. The molecular weight excluding hydrogens is 408 g/mol. The molecule has 5 aromatic rings. The summed E-state index contributed by atoms with van der Waals surface area (Å²) in [5.41, 5.74) is 4.98. The molecule has 0 amide bonds. The minimum absolute atomic E-state index is 0.0111. The molecule has 2 aromatic carbocycles. The fourth-order valence-corrected chi connectivity index (χ4v) is 3.86. The average Bonchev–Trinajstić information content (AvgIpc) is 3.21. The van der Waals surface area contributed by atoms with Crippen molar-refractivity contribution in [1.82, 2.24) is 15.0 Å². The van der Waals surface area contributed by atoms with Gasteiger partial charge < -0.3 is 9.72 Å². The monoisotopic (exact) mass is 424 g/mol. The minimum atomic E-state index is -0.432. The largest absolute Gasteiger partial charge is 0.465 e. The van der Waals surface area contributed by atoms with Crippen LogP contribution < -0.4 is 0 Å². The average molecular weight is 424 g/mol. The summed E-state index contributed by atoms with van der Waals surface area (Å²) < 4.78 is 4.88. The Morgan fingerprint density at radius 1 is 1.06 bits per heavy atom. The Morgan fingerprint density at radius 3 is 2.56 bits per heavy atom. The van der Waals surface area contributed by atoms with E-state index in [1.54, 1.807) is 36.7 Å². The molecule has 3 heterocycles. The Bertz CT molecular complexity index is 1490. The Hall–Kier alpha value is -4.59. The first kappa shape index (κ1) is 19.4. The fraction of sp³-hybridized carbons (Fsp3) is 0.0417. The van der Waals surface area contributed by atoms with E-state index in [0.717, 1.165) is 38.7 Å². The molecule has 0 radical (unpaired) electrons. The second kappa shape index (κ2) is 7.59. The second-order valence-electron chi connectivity index (χ2n) is 7.17. The van der Waals surface area contributed by atoms with Gasteiger partial charge in [-0.25, -0.2) is 9.78 Å². The van der Waals surface area contributed by atoms with Crippen LogP contribution in [-0.2, 0) is 4.74 Å². The zero-order valence-electron chi connectivity index (χ0n) is 16.9. The molecule has 0 aliphatic heterocycles. The Kier molecular flexibility index (Phi) is 4.59. The Balaban J connectivity index is 1.85. The van der Waals surface area contributed by atoms with Gasteiger partial charge in [-0.15, -0.1) is 0 Å². The van der Waals surface area contributed by atoms with Crippen LogP contribution in [0.2, 0.25) is 0 Å². The third kappa shape index (κ3) is 3.14. The number of nitro groups is 1. The van der Waals surface area contributed by atoms with Crippen molar-refractivity contribution in [3.8, 4) is 22.4 Å². The molecule has 0 bridgehead atoms. The van der Waals surface area contributed by atoms with E-state index in [-0.39, 0.29) is 5.69 Å². The third-order valence-corrected chi connectivity index (χ3v) is 5.35. The predicted molar refractivity (Wildman–Crippen MR) is 120 cm³/mol. The van der Waals surface area contributed by atoms with Crippen molar-refractivity contribution in [2.24, 2.45) is 0 Å². The van der Waals surface area contributed by atoms with Crippen molar-refractivity contribution in [2.75, 3.05) is 7.11 Å². The van der Waals surface area contributed by atoms with Crippen molar-refractivity contribution in [1.29, 1.82) is 0 Å². The lowest BCUT2D eigenvalue weighted by atomic mass is 9.95. The molecule has 5 rings (SSSR count). The summed E-state index contributed by atoms with van der Waals surface area (Å²) in [6.45, 7) is 0. The molecule has 0 saturated heterocycles. The van der Waals surface area contributed by atoms with E-state index >= 15 is 0 Å². The van der Waals surface area contributed by atoms with Gasteiger partial charge in [0.25, 0.3) is 5.69 Å². The molecule has 8 nitrogen and oxygen atoms in total. The number of nitrogens with zero attached hydrogens (tertiary/aromatic N) is 3. The number of carbonyl (C=O) groups excluding carboxylic acids is 1. The highest BCUT2D eigenvalue weighted by atomic mass is 16.6. The number of hydrogen-bond acceptors (Lipinski definition) is 6. The van der Waals surface area contributed by atoms with Crippen LogP contribution in [0.15, 0.2) is 73.1 Å². The number of aromatic amines is 1. The van der Waals surface area contributed by atoms with E-state index in [1.165, 1.54) is 19.2 Å². The van der Waals surface area contributed by atoms with Gasteiger partial charge in [-0.3, -0.25) is 15.1 Å². The SMILES string of the molecule is COC(=O)c1ccc2[nH]c3ncc(-c4ccc([N+](=O)[O-])cc4)c(-c4ccccn4)c3c2c1. The fourth-order valence-electron chi connectivity index (χ4n) is 3.86. The lowest BCUT2D eigenvalue weighted by Crippen LogP contribution is -2.00. The van der Waals surface area contributed by atoms with Crippen molar-refractivity contribution < 1.29 is 14.5 Å². The van der Waals surface area contributed by atoms with Crippen LogP contribution >= 0.6 is 0 Å². The zero-order valence-corrected chi connectivity index (χ0v) is 16.9. The van der Waals surface area contributed by atoms with Crippen LogP contribution in [0.5, 0.6) is 0 Å². The molecule has 0 aliphatic rings. The number of nitro benzene ring substituents is 1. The zero-order chi connectivity index (χ0) is 22.2. The van der Waals surface area contributed by atoms with Crippen LogP contribution in [0.3, 0.4) is 0 Å². The van der Waals surface area contributed by atoms with Crippen molar-refractivity contribution in [2.45, 2.75) is 0 Å². The molecule has 32 heavy (non-hydrogen) atoms. The molecule has 0 fully saturated rings. The number of carbonyl (C=O) groups is 1. The first-order chi connectivity index (χ1) is 15.6. The maximum Gasteiger partial charge on any atom is 0.337 e. The number of benzene rings is 2. The van der Waals surface area contributed by atoms with Crippen LogP contribution in [0.25, 0.3) is 44.3 Å². The first-order valence-corrected chi connectivity index (χ1v) is 9.76. The van der Waals surface area contributed by atoms with E-state index in [2.05, 4.69) is 15.0 Å². The summed E-state index contributed by atoms with van der Waals surface area (Å²) in [5.74, 6) is -0.430. The van der Waals surface area contributed by atoms with Crippen LogP contribution in [0, 0.1) is 10.1 Å². The predicted octanol–water partition coefficient (Wildman–Crippen LogP) is 5.14. The molecule has 0 unspecified atom stereocenters. The number of pyridine rings is 2. The highest BCUT2D eigenvalue weighted by Gasteiger charge is 2.19. The third-order valence-electron chi connectivity index (χ3n) is 5.35. The highest BCUT2D eigenvalue weighted by Crippen LogP contribution is 2.40. The molecule has 8 heteroatoms. The summed E-state index contributed by atoms with van der Waals surface area (Å²) in [6.07, 6.45) is 3.43. The number of hydrogen-bond donors (Lipinski definition) is 1. The number of methoxy groups -OCH3 is 1. The maximum atomic E-state index is 12.1. The minimum Gasteiger partial charge on any atom is -0.465 e. The standard InChI is InChI=1S/C24H16N4O4/c1-32-24(29)15-7-10-19-17(12-15)22-21(20-4-2-3-11-25-20)18(13-26-23(22)27-19)14-5-8-16(9-6-14)28(30)31/h2-13H,1H3,(H,26,27). The molecule has 0 saturated carbocycles. The lowest BCUT2D eigenvalue weighted by Gasteiger charge is -2.11. The van der Waals surface area contributed by atoms with Gasteiger partial charge in [0, 0.05) is 51.9 Å². The molecule has 3 aromatic heterocycles. The molecule has 156 valence electrons. The van der Waals surface area contributed by atoms with Crippen LogP contribution in [0.1, 0.15) is 10.4 Å². The van der Waals surface area contributed by atoms with Gasteiger partial charge in [-0.1, -0.05) is 6.07 Å². The van der Waals surface area contributed by atoms with Crippen molar-refractivity contribution in [3.63, 3.8) is 0 Å². The number of rotatable bonds is 4. The van der Waals surface area contributed by atoms with E-state index < -0.39 is 10.9 Å². The normalized spacial score (nSPS) is 11.0. The molecule has 0 atom stereocenters. The van der Waals surface area contributed by atoms with Gasteiger partial charge in [0.1, 0.15) is 5.65 Å². The van der Waals surface area contributed by atoms with Gasteiger partial charge in [-0.2, -0.15) is 0 Å². The number of H-pyrrole nitrogens is 1. The van der Waals surface area contributed by atoms with E-state index in [4.69, 9.17) is 4.74 Å². The van der Waals surface area contributed by atoms with E-state index in [1.807, 2.05) is 24.3 Å². The van der Waals surface area contributed by atoms with Crippen LogP contribution in [-0.4, -0.2) is 33.0 Å². The summed E-state index contributed by atoms with van der Waals surface area (Å²) in [5, 5.41) is 12.7. The summed E-state index contributed by atoms with van der Waals surface area (Å²) >= 11 is 0. The number of ether oxygens (including phenoxy) is 1. The van der Waals surface area contributed by atoms with Gasteiger partial charge in [0.2, 0.25) is 0 Å². The molecule has 1 N–H and O–H groups in total. The van der Waals surface area contributed by atoms with Crippen LogP contribution in [0.4, 0.5) is 5.69 Å². The number of aromatic nitrogens is 3. The van der Waals surface area contributed by atoms with Crippen molar-refractivity contribution in [3.05, 3.63) is 88.7 Å². The quantitative estimate of drug-likeness (QED) is 0.243. The number of nitrogens with one attached hydrogen (secondary N) is 1. The summed E-state index contributed by atoms with van der Waals surface area (Å²) in [7, 11) is 1.34. The number of fused-ring (bicyclic) bond motifs is 3.